The van der Waals surface area contributed by atoms with Crippen LogP contribution in [0.15, 0.2) is 24.3 Å². The van der Waals surface area contributed by atoms with Gasteiger partial charge < -0.3 is 10.5 Å². The second-order valence-corrected chi connectivity index (χ2v) is 5.28. The lowest BCUT2D eigenvalue weighted by molar-refractivity contribution is -0.0149. The van der Waals surface area contributed by atoms with Crippen LogP contribution >= 0.6 is 0 Å². The summed E-state index contributed by atoms with van der Waals surface area (Å²) in [6.45, 7) is 9.70. The van der Waals surface area contributed by atoms with Crippen LogP contribution in [0.3, 0.4) is 0 Å². The Bertz CT molecular complexity index is 311. The molecule has 0 amide bonds. The molecule has 0 aliphatic heterocycles. The van der Waals surface area contributed by atoms with E-state index in [9.17, 15) is 0 Å². The van der Waals surface area contributed by atoms with Crippen molar-refractivity contribution in [3.05, 3.63) is 35.4 Å². The summed E-state index contributed by atoms with van der Waals surface area (Å²) in [5, 5.41) is 0. The molecule has 2 nitrogen and oxygen atoms in total. The van der Waals surface area contributed by atoms with E-state index >= 15 is 0 Å². The van der Waals surface area contributed by atoms with E-state index in [0.29, 0.717) is 19.1 Å². The predicted octanol–water partition coefficient (Wildman–Crippen LogP) is 3.06. The third kappa shape index (κ3) is 4.33. The SMILES string of the molecule is CC(CN)c1ccc(COC(C)(C)C)cc1. The minimum Gasteiger partial charge on any atom is -0.371 e. The summed E-state index contributed by atoms with van der Waals surface area (Å²) in [6, 6.07) is 8.51. The van der Waals surface area contributed by atoms with Crippen LogP contribution < -0.4 is 5.73 Å². The highest BCUT2D eigenvalue weighted by atomic mass is 16.5. The maximum absolute atomic E-state index is 5.72. The van der Waals surface area contributed by atoms with Crippen LogP contribution in [0.4, 0.5) is 0 Å². The van der Waals surface area contributed by atoms with Gasteiger partial charge in [0.15, 0.2) is 0 Å². The van der Waals surface area contributed by atoms with Crippen molar-refractivity contribution in [1.29, 1.82) is 0 Å². The van der Waals surface area contributed by atoms with Gasteiger partial charge in [-0.2, -0.15) is 0 Å². The van der Waals surface area contributed by atoms with Crippen LogP contribution in [0.5, 0.6) is 0 Å². The van der Waals surface area contributed by atoms with Gasteiger partial charge in [-0.25, -0.2) is 0 Å². The van der Waals surface area contributed by atoms with Gasteiger partial charge in [-0.05, 0) is 44.4 Å². The van der Waals surface area contributed by atoms with Crippen LogP contribution in [-0.4, -0.2) is 12.1 Å². The smallest absolute Gasteiger partial charge is 0.0724 e. The lowest BCUT2D eigenvalue weighted by Crippen LogP contribution is -2.18. The highest BCUT2D eigenvalue weighted by Crippen LogP contribution is 2.16. The monoisotopic (exact) mass is 221 g/mol. The van der Waals surface area contributed by atoms with Gasteiger partial charge in [-0.1, -0.05) is 31.2 Å². The Balaban J connectivity index is 2.58. The number of hydrogen-bond donors (Lipinski definition) is 1. The second kappa shape index (κ2) is 5.46. The van der Waals surface area contributed by atoms with Gasteiger partial charge in [0, 0.05) is 0 Å². The Morgan fingerprint density at radius 1 is 1.19 bits per heavy atom. The first-order valence-corrected chi connectivity index (χ1v) is 5.85. The molecule has 0 fully saturated rings. The molecular formula is C14H23NO. The van der Waals surface area contributed by atoms with E-state index in [1.807, 2.05) is 0 Å². The van der Waals surface area contributed by atoms with Crippen LogP contribution in [0, 0.1) is 0 Å². The molecule has 0 aliphatic rings. The molecule has 90 valence electrons. The van der Waals surface area contributed by atoms with E-state index in [1.165, 1.54) is 11.1 Å². The topological polar surface area (TPSA) is 35.2 Å². The van der Waals surface area contributed by atoms with Crippen molar-refractivity contribution in [2.24, 2.45) is 5.73 Å². The molecule has 2 N–H and O–H groups in total. The third-order valence-electron chi connectivity index (χ3n) is 2.57. The Morgan fingerprint density at radius 3 is 2.19 bits per heavy atom. The van der Waals surface area contributed by atoms with E-state index in [0.717, 1.165) is 0 Å². The van der Waals surface area contributed by atoms with Gasteiger partial charge in [0.05, 0.1) is 12.2 Å². The maximum atomic E-state index is 5.72. The molecule has 0 radical (unpaired) electrons. The number of benzene rings is 1. The van der Waals surface area contributed by atoms with E-state index < -0.39 is 0 Å². The fraction of sp³-hybridized carbons (Fsp3) is 0.571. The highest BCUT2D eigenvalue weighted by molar-refractivity contribution is 5.24. The van der Waals surface area contributed by atoms with E-state index in [1.54, 1.807) is 0 Å². The molecule has 0 heterocycles. The van der Waals surface area contributed by atoms with Gasteiger partial charge in [0.2, 0.25) is 0 Å². The zero-order chi connectivity index (χ0) is 12.2. The highest BCUT2D eigenvalue weighted by Gasteiger charge is 2.10. The van der Waals surface area contributed by atoms with Crippen LogP contribution in [0.1, 0.15) is 44.7 Å². The minimum atomic E-state index is -0.0801. The molecular weight excluding hydrogens is 198 g/mol. The molecule has 1 atom stereocenters. The Labute approximate surface area is 98.8 Å². The molecule has 0 aliphatic carbocycles. The van der Waals surface area contributed by atoms with Crippen molar-refractivity contribution in [3.63, 3.8) is 0 Å². The largest absolute Gasteiger partial charge is 0.371 e. The first-order chi connectivity index (χ1) is 7.42. The molecule has 1 aromatic rings. The van der Waals surface area contributed by atoms with Crippen molar-refractivity contribution in [3.8, 4) is 0 Å². The van der Waals surface area contributed by atoms with Crippen molar-refractivity contribution in [2.75, 3.05) is 6.54 Å². The summed E-state index contributed by atoms with van der Waals surface area (Å²) in [4.78, 5) is 0. The molecule has 2 heteroatoms. The van der Waals surface area contributed by atoms with Crippen LogP contribution in [0.2, 0.25) is 0 Å². The van der Waals surface area contributed by atoms with E-state index in [-0.39, 0.29) is 5.60 Å². The van der Waals surface area contributed by atoms with Gasteiger partial charge >= 0.3 is 0 Å². The fourth-order valence-electron chi connectivity index (χ4n) is 1.38. The first kappa shape index (κ1) is 13.2. The van der Waals surface area contributed by atoms with Gasteiger partial charge in [-0.15, -0.1) is 0 Å². The van der Waals surface area contributed by atoms with Crippen molar-refractivity contribution >= 4 is 0 Å². The van der Waals surface area contributed by atoms with E-state index in [4.69, 9.17) is 10.5 Å². The molecule has 1 aromatic carbocycles. The summed E-state index contributed by atoms with van der Waals surface area (Å²) >= 11 is 0. The summed E-state index contributed by atoms with van der Waals surface area (Å²) < 4.78 is 5.72. The molecule has 0 saturated heterocycles. The molecule has 0 spiro atoms. The van der Waals surface area contributed by atoms with Crippen molar-refractivity contribution < 1.29 is 4.74 Å². The standard InChI is InChI=1S/C14H23NO/c1-11(9-15)13-7-5-12(6-8-13)10-16-14(2,3)4/h5-8,11H,9-10,15H2,1-4H3. The summed E-state index contributed by atoms with van der Waals surface area (Å²) in [5.74, 6) is 0.428. The predicted molar refractivity (Wildman–Crippen MR) is 68.5 cm³/mol. The van der Waals surface area contributed by atoms with Gasteiger partial charge in [-0.3, -0.25) is 0 Å². The summed E-state index contributed by atoms with van der Waals surface area (Å²) in [5.41, 5.74) is 8.06. The van der Waals surface area contributed by atoms with Crippen molar-refractivity contribution in [2.45, 2.75) is 45.8 Å². The zero-order valence-electron chi connectivity index (χ0n) is 10.8. The molecule has 1 unspecified atom stereocenters. The lowest BCUT2D eigenvalue weighted by Gasteiger charge is -2.19. The average molecular weight is 221 g/mol. The van der Waals surface area contributed by atoms with Crippen LogP contribution in [0.25, 0.3) is 0 Å². The summed E-state index contributed by atoms with van der Waals surface area (Å²) in [7, 11) is 0. The van der Waals surface area contributed by atoms with E-state index in [2.05, 4.69) is 52.0 Å². The first-order valence-electron chi connectivity index (χ1n) is 5.85. The molecule has 0 aromatic heterocycles. The van der Waals surface area contributed by atoms with Gasteiger partial charge in [0.1, 0.15) is 0 Å². The molecule has 0 bridgehead atoms. The Hall–Kier alpha value is -0.860. The lowest BCUT2D eigenvalue weighted by atomic mass is 10.0. The zero-order valence-corrected chi connectivity index (χ0v) is 10.8. The van der Waals surface area contributed by atoms with Crippen molar-refractivity contribution in [1.82, 2.24) is 0 Å². The second-order valence-electron chi connectivity index (χ2n) is 5.28. The molecule has 16 heavy (non-hydrogen) atoms. The number of rotatable bonds is 4. The Morgan fingerprint density at radius 2 is 1.75 bits per heavy atom. The Kier molecular flexibility index (Phi) is 4.51. The molecule has 1 rings (SSSR count). The number of ether oxygens (including phenoxy) is 1. The average Bonchev–Trinajstić information content (AvgIpc) is 2.25. The van der Waals surface area contributed by atoms with Crippen LogP contribution in [-0.2, 0) is 11.3 Å². The fourth-order valence-corrected chi connectivity index (χ4v) is 1.38. The third-order valence-corrected chi connectivity index (χ3v) is 2.57. The van der Waals surface area contributed by atoms with Gasteiger partial charge in [0.25, 0.3) is 0 Å². The number of hydrogen-bond acceptors (Lipinski definition) is 2. The summed E-state index contributed by atoms with van der Waals surface area (Å²) in [6.07, 6.45) is 0. The minimum absolute atomic E-state index is 0.0801. The maximum Gasteiger partial charge on any atom is 0.0724 e. The quantitative estimate of drug-likeness (QED) is 0.848. The number of nitrogens with two attached hydrogens (primary N) is 1. The normalized spacial score (nSPS) is 13.8. The molecule has 0 saturated carbocycles.